The van der Waals surface area contributed by atoms with Crippen molar-refractivity contribution in [2.24, 2.45) is 0 Å². The van der Waals surface area contributed by atoms with Crippen LogP contribution in [0, 0.1) is 11.3 Å². The summed E-state index contributed by atoms with van der Waals surface area (Å²) in [5.41, 5.74) is -0.00242. The lowest BCUT2D eigenvalue weighted by Crippen LogP contribution is -2.12. The van der Waals surface area contributed by atoms with Gasteiger partial charge in [-0.15, -0.1) is 0 Å². The lowest BCUT2D eigenvalue weighted by Gasteiger charge is -2.13. The molecule has 0 bridgehead atoms. The predicted octanol–water partition coefficient (Wildman–Crippen LogP) is 3.90. The SMILES string of the molecule is CCCOc1nc(Nc2ccc(C#N)cc2)ncc1C(F)(F)F. The molecule has 0 fully saturated rings. The van der Waals surface area contributed by atoms with Gasteiger partial charge in [-0.25, -0.2) is 4.98 Å². The maximum atomic E-state index is 12.9. The van der Waals surface area contributed by atoms with Crippen molar-refractivity contribution in [3.05, 3.63) is 41.6 Å². The highest BCUT2D eigenvalue weighted by Crippen LogP contribution is 2.35. The molecular weight excluding hydrogens is 309 g/mol. The second-order valence-electron chi connectivity index (χ2n) is 4.57. The predicted molar refractivity (Wildman–Crippen MR) is 77.3 cm³/mol. The smallest absolute Gasteiger partial charge is 0.423 e. The standard InChI is InChI=1S/C15H13F3N4O/c1-2-7-23-13-12(15(16,17)18)9-20-14(22-13)21-11-5-3-10(8-19)4-6-11/h3-6,9H,2,7H2,1H3,(H,20,21,22). The van der Waals surface area contributed by atoms with Crippen LogP contribution in [0.25, 0.3) is 0 Å². The van der Waals surface area contributed by atoms with Crippen molar-refractivity contribution >= 4 is 11.6 Å². The summed E-state index contributed by atoms with van der Waals surface area (Å²) in [5.74, 6) is -0.528. The van der Waals surface area contributed by atoms with Crippen LogP contribution in [-0.2, 0) is 6.18 Å². The molecule has 1 heterocycles. The minimum Gasteiger partial charge on any atom is -0.477 e. The lowest BCUT2D eigenvalue weighted by atomic mass is 10.2. The molecule has 23 heavy (non-hydrogen) atoms. The Morgan fingerprint density at radius 3 is 2.52 bits per heavy atom. The molecule has 0 unspecified atom stereocenters. The van der Waals surface area contributed by atoms with Crippen LogP contribution < -0.4 is 10.1 Å². The normalized spacial score (nSPS) is 10.9. The number of hydrogen-bond donors (Lipinski definition) is 1. The lowest BCUT2D eigenvalue weighted by molar-refractivity contribution is -0.139. The van der Waals surface area contributed by atoms with E-state index in [4.69, 9.17) is 10.00 Å². The molecule has 2 rings (SSSR count). The summed E-state index contributed by atoms with van der Waals surface area (Å²) in [7, 11) is 0. The Labute approximate surface area is 130 Å². The van der Waals surface area contributed by atoms with Crippen molar-refractivity contribution in [1.29, 1.82) is 5.26 Å². The van der Waals surface area contributed by atoms with Crippen LogP contribution >= 0.6 is 0 Å². The van der Waals surface area contributed by atoms with Crippen molar-refractivity contribution in [2.45, 2.75) is 19.5 Å². The molecule has 0 atom stereocenters. The van der Waals surface area contributed by atoms with Gasteiger partial charge >= 0.3 is 6.18 Å². The number of hydrogen-bond acceptors (Lipinski definition) is 5. The van der Waals surface area contributed by atoms with E-state index >= 15 is 0 Å². The van der Waals surface area contributed by atoms with E-state index < -0.39 is 17.6 Å². The average Bonchev–Trinajstić information content (AvgIpc) is 2.52. The largest absolute Gasteiger partial charge is 0.477 e. The Morgan fingerprint density at radius 2 is 1.96 bits per heavy atom. The molecule has 0 spiro atoms. The van der Waals surface area contributed by atoms with E-state index in [9.17, 15) is 13.2 Å². The molecule has 2 aromatic rings. The summed E-state index contributed by atoms with van der Waals surface area (Å²) in [5, 5.41) is 11.5. The van der Waals surface area contributed by atoms with Crippen LogP contribution in [0.2, 0.25) is 0 Å². The number of anilines is 2. The summed E-state index contributed by atoms with van der Waals surface area (Å²) >= 11 is 0. The van der Waals surface area contributed by atoms with Gasteiger partial charge in [0, 0.05) is 11.9 Å². The second-order valence-corrected chi connectivity index (χ2v) is 4.57. The van der Waals surface area contributed by atoms with Crippen molar-refractivity contribution in [3.63, 3.8) is 0 Å². The Bertz CT molecular complexity index is 708. The van der Waals surface area contributed by atoms with Gasteiger partial charge in [-0.05, 0) is 30.7 Å². The van der Waals surface area contributed by atoms with Gasteiger partial charge in [0.2, 0.25) is 11.8 Å². The first kappa shape index (κ1) is 16.5. The highest BCUT2D eigenvalue weighted by atomic mass is 19.4. The number of nitrogens with one attached hydrogen (secondary N) is 1. The zero-order valence-electron chi connectivity index (χ0n) is 12.2. The van der Waals surface area contributed by atoms with Crippen LogP contribution in [0.1, 0.15) is 24.5 Å². The van der Waals surface area contributed by atoms with Gasteiger partial charge in [-0.1, -0.05) is 6.92 Å². The highest BCUT2D eigenvalue weighted by Gasteiger charge is 2.36. The fraction of sp³-hybridized carbons (Fsp3) is 0.267. The molecule has 120 valence electrons. The second kappa shape index (κ2) is 6.96. The Morgan fingerprint density at radius 1 is 1.26 bits per heavy atom. The number of rotatable bonds is 5. The van der Waals surface area contributed by atoms with Crippen LogP contribution in [-0.4, -0.2) is 16.6 Å². The van der Waals surface area contributed by atoms with Crippen LogP contribution in [0.3, 0.4) is 0 Å². The maximum Gasteiger partial charge on any atom is 0.423 e. The van der Waals surface area contributed by atoms with Gasteiger partial charge in [-0.2, -0.15) is 23.4 Å². The molecule has 0 saturated heterocycles. The minimum absolute atomic E-state index is 0.0196. The van der Waals surface area contributed by atoms with Crippen LogP contribution in [0.15, 0.2) is 30.5 Å². The molecule has 0 aliphatic carbocycles. The average molecular weight is 322 g/mol. The van der Waals surface area contributed by atoms with E-state index in [1.54, 1.807) is 31.2 Å². The zero-order valence-corrected chi connectivity index (χ0v) is 12.2. The quantitative estimate of drug-likeness (QED) is 0.904. The van der Waals surface area contributed by atoms with Crippen LogP contribution in [0.4, 0.5) is 24.8 Å². The third kappa shape index (κ3) is 4.32. The number of aromatic nitrogens is 2. The molecule has 8 heteroatoms. The van der Waals surface area contributed by atoms with Crippen LogP contribution in [0.5, 0.6) is 5.88 Å². The van der Waals surface area contributed by atoms with Crippen molar-refractivity contribution in [2.75, 3.05) is 11.9 Å². The van der Waals surface area contributed by atoms with E-state index in [-0.39, 0.29) is 12.6 Å². The number of nitriles is 1. The molecule has 0 amide bonds. The van der Waals surface area contributed by atoms with Gasteiger partial charge < -0.3 is 10.1 Å². The molecule has 5 nitrogen and oxygen atoms in total. The van der Waals surface area contributed by atoms with Crippen molar-refractivity contribution in [1.82, 2.24) is 9.97 Å². The number of nitrogens with zero attached hydrogens (tertiary/aromatic N) is 3. The number of halogens is 3. The molecule has 1 aromatic heterocycles. The number of ether oxygens (including phenoxy) is 1. The van der Waals surface area contributed by atoms with E-state index in [1.807, 2.05) is 6.07 Å². The first-order chi connectivity index (χ1) is 10.9. The number of alkyl halides is 3. The van der Waals surface area contributed by atoms with E-state index in [0.29, 0.717) is 23.9 Å². The highest BCUT2D eigenvalue weighted by molar-refractivity contribution is 5.55. The zero-order chi connectivity index (χ0) is 16.9. The summed E-state index contributed by atoms with van der Waals surface area (Å²) in [6, 6.07) is 8.32. The molecule has 0 aliphatic heterocycles. The van der Waals surface area contributed by atoms with Crippen molar-refractivity contribution < 1.29 is 17.9 Å². The maximum absolute atomic E-state index is 12.9. The van der Waals surface area contributed by atoms with Gasteiger partial charge in [0.15, 0.2) is 0 Å². The molecule has 0 saturated carbocycles. The Hall–Kier alpha value is -2.82. The monoisotopic (exact) mass is 322 g/mol. The van der Waals surface area contributed by atoms with Gasteiger partial charge in [-0.3, -0.25) is 0 Å². The summed E-state index contributed by atoms with van der Waals surface area (Å²) < 4.78 is 43.8. The number of benzene rings is 1. The summed E-state index contributed by atoms with van der Waals surface area (Å²) in [4.78, 5) is 7.45. The fourth-order valence-corrected chi connectivity index (χ4v) is 1.69. The van der Waals surface area contributed by atoms with E-state index in [0.717, 1.165) is 0 Å². The minimum atomic E-state index is -4.59. The first-order valence-electron chi connectivity index (χ1n) is 6.78. The molecule has 0 radical (unpaired) electrons. The third-order valence-electron chi connectivity index (χ3n) is 2.77. The van der Waals surface area contributed by atoms with E-state index in [1.165, 1.54) is 0 Å². The molecule has 0 aliphatic rings. The Balaban J connectivity index is 2.26. The van der Waals surface area contributed by atoms with Gasteiger partial charge in [0.25, 0.3) is 0 Å². The van der Waals surface area contributed by atoms with Crippen molar-refractivity contribution in [3.8, 4) is 11.9 Å². The third-order valence-corrected chi connectivity index (χ3v) is 2.77. The molecule has 1 aromatic carbocycles. The van der Waals surface area contributed by atoms with E-state index in [2.05, 4.69) is 15.3 Å². The molecule has 1 N–H and O–H groups in total. The summed E-state index contributed by atoms with van der Waals surface area (Å²) in [6.07, 6.45) is -3.35. The topological polar surface area (TPSA) is 70.8 Å². The first-order valence-corrected chi connectivity index (χ1v) is 6.78. The van der Waals surface area contributed by atoms with Gasteiger partial charge in [0.1, 0.15) is 5.56 Å². The molecular formula is C15H13F3N4O. The fourth-order valence-electron chi connectivity index (χ4n) is 1.69. The van der Waals surface area contributed by atoms with Gasteiger partial charge in [0.05, 0.1) is 18.2 Å². The summed E-state index contributed by atoms with van der Waals surface area (Å²) in [6.45, 7) is 1.90. The Kier molecular flexibility index (Phi) is 5.01.